The van der Waals surface area contributed by atoms with Gasteiger partial charge in [0.25, 0.3) is 5.91 Å². The van der Waals surface area contributed by atoms with Crippen LogP contribution in [0.5, 0.6) is 5.75 Å². The molecule has 1 aliphatic rings. The summed E-state index contributed by atoms with van der Waals surface area (Å²) in [5.74, 6) is 0.381. The Balaban J connectivity index is 1.54. The zero-order valence-electron chi connectivity index (χ0n) is 22.3. The molecule has 2 aromatic carbocycles. The van der Waals surface area contributed by atoms with Crippen LogP contribution < -0.4 is 10.1 Å². The summed E-state index contributed by atoms with van der Waals surface area (Å²) in [4.78, 5) is 32.3. The molecule has 3 aromatic rings. The zero-order valence-corrected chi connectivity index (χ0v) is 22.3. The summed E-state index contributed by atoms with van der Waals surface area (Å²) in [5, 5.41) is 2.95. The summed E-state index contributed by atoms with van der Waals surface area (Å²) in [7, 11) is 0. The van der Waals surface area contributed by atoms with Crippen LogP contribution in [-0.4, -0.2) is 40.9 Å². The van der Waals surface area contributed by atoms with Crippen LogP contribution in [0.15, 0.2) is 66.9 Å². The van der Waals surface area contributed by atoms with Crippen LogP contribution in [0.3, 0.4) is 0 Å². The maximum Gasteiger partial charge on any atom is 0.261 e. The second-order valence-corrected chi connectivity index (χ2v) is 10.1. The molecule has 2 amide bonds. The number of benzene rings is 2. The summed E-state index contributed by atoms with van der Waals surface area (Å²) < 4.78 is 19.9. The van der Waals surface area contributed by atoms with Gasteiger partial charge in [0.2, 0.25) is 5.91 Å². The molecule has 7 heteroatoms. The normalized spacial score (nSPS) is 15.6. The largest absolute Gasteiger partial charge is 0.481 e. The van der Waals surface area contributed by atoms with Gasteiger partial charge >= 0.3 is 0 Å². The van der Waals surface area contributed by atoms with Crippen molar-refractivity contribution in [3.8, 4) is 5.75 Å². The first-order valence-corrected chi connectivity index (χ1v) is 13.4. The number of rotatable bonds is 10. The molecule has 0 saturated carbocycles. The Kier molecular flexibility index (Phi) is 9.10. The molecule has 200 valence electrons. The van der Waals surface area contributed by atoms with Crippen molar-refractivity contribution >= 4 is 11.8 Å². The van der Waals surface area contributed by atoms with E-state index in [1.807, 2.05) is 62.1 Å². The Hall–Kier alpha value is -3.74. The quantitative estimate of drug-likeness (QED) is 0.398. The lowest BCUT2D eigenvalue weighted by molar-refractivity contribution is -0.134. The molecular weight excluding hydrogens is 481 g/mol. The summed E-state index contributed by atoms with van der Waals surface area (Å²) in [6.07, 6.45) is 3.40. The molecule has 2 atom stereocenters. The minimum atomic E-state index is -0.650. The van der Waals surface area contributed by atoms with Crippen molar-refractivity contribution in [3.05, 3.63) is 95.1 Å². The van der Waals surface area contributed by atoms with Gasteiger partial charge in [0, 0.05) is 37.8 Å². The Morgan fingerprint density at radius 1 is 1.13 bits per heavy atom. The van der Waals surface area contributed by atoms with Gasteiger partial charge in [-0.2, -0.15) is 0 Å². The second-order valence-electron chi connectivity index (χ2n) is 10.1. The number of ether oxygens (including phenoxy) is 1. The number of amides is 2. The van der Waals surface area contributed by atoms with Crippen LogP contribution in [0.4, 0.5) is 4.39 Å². The fourth-order valence-electron chi connectivity index (χ4n) is 4.87. The number of pyridine rings is 1. The first-order chi connectivity index (χ1) is 18.4. The van der Waals surface area contributed by atoms with E-state index in [0.29, 0.717) is 38.1 Å². The summed E-state index contributed by atoms with van der Waals surface area (Å²) in [5.41, 5.74) is 3.83. The average Bonchev–Trinajstić information content (AvgIpc) is 2.91. The third-order valence-corrected chi connectivity index (χ3v) is 6.78. The standard InChI is InChI=1S/C31H36FN3O3/c1-4-28(31(37)34-17-14-25-7-5-6-16-33-25)38-26-13-10-22-15-18-35(29(36)19-21(2)3)30(27(22)20-26)23-8-11-24(32)12-9-23/h5-13,16,20-21,28,30H,4,14-15,17-19H2,1-3H3,(H,34,37)/t28-,30+/m0/s1. The van der Waals surface area contributed by atoms with Gasteiger partial charge in [-0.3, -0.25) is 14.6 Å². The van der Waals surface area contributed by atoms with Crippen molar-refractivity contribution in [1.82, 2.24) is 15.2 Å². The van der Waals surface area contributed by atoms with Crippen LogP contribution in [0, 0.1) is 11.7 Å². The highest BCUT2D eigenvalue weighted by atomic mass is 19.1. The van der Waals surface area contributed by atoms with E-state index in [2.05, 4.69) is 10.3 Å². The topological polar surface area (TPSA) is 71.5 Å². The van der Waals surface area contributed by atoms with E-state index in [-0.39, 0.29) is 29.6 Å². The molecule has 38 heavy (non-hydrogen) atoms. The van der Waals surface area contributed by atoms with Gasteiger partial charge < -0.3 is 15.0 Å². The lowest BCUT2D eigenvalue weighted by Crippen LogP contribution is -2.41. The SMILES string of the molecule is CC[C@H](Oc1ccc2c(c1)[C@@H](c1ccc(F)cc1)N(C(=O)CC(C)C)CC2)C(=O)NCCc1ccccn1. The second kappa shape index (κ2) is 12.7. The highest BCUT2D eigenvalue weighted by molar-refractivity contribution is 5.81. The monoisotopic (exact) mass is 517 g/mol. The fourth-order valence-corrected chi connectivity index (χ4v) is 4.87. The van der Waals surface area contributed by atoms with Crippen LogP contribution in [0.1, 0.15) is 62.0 Å². The van der Waals surface area contributed by atoms with E-state index >= 15 is 0 Å². The van der Waals surface area contributed by atoms with Crippen LogP contribution in [0.25, 0.3) is 0 Å². The van der Waals surface area contributed by atoms with Crippen LogP contribution in [-0.2, 0) is 22.4 Å². The van der Waals surface area contributed by atoms with Gasteiger partial charge in [-0.1, -0.05) is 45.0 Å². The molecule has 0 fully saturated rings. The fraction of sp³-hybridized carbons (Fsp3) is 0.387. The molecule has 1 aliphatic heterocycles. The number of fused-ring (bicyclic) bond motifs is 1. The molecule has 1 aromatic heterocycles. The van der Waals surface area contributed by atoms with Gasteiger partial charge in [-0.15, -0.1) is 0 Å². The van der Waals surface area contributed by atoms with Crippen molar-refractivity contribution < 1.29 is 18.7 Å². The maximum absolute atomic E-state index is 13.7. The Morgan fingerprint density at radius 2 is 1.92 bits per heavy atom. The van der Waals surface area contributed by atoms with E-state index in [1.165, 1.54) is 12.1 Å². The Morgan fingerprint density at radius 3 is 2.61 bits per heavy atom. The molecule has 0 saturated heterocycles. The zero-order chi connectivity index (χ0) is 27.1. The third kappa shape index (κ3) is 6.77. The van der Waals surface area contributed by atoms with E-state index in [0.717, 1.165) is 28.8 Å². The molecule has 0 spiro atoms. The van der Waals surface area contributed by atoms with Gasteiger partial charge in [0.15, 0.2) is 6.10 Å². The van der Waals surface area contributed by atoms with Crippen molar-refractivity contribution in [3.63, 3.8) is 0 Å². The number of aromatic nitrogens is 1. The smallest absolute Gasteiger partial charge is 0.261 e. The van der Waals surface area contributed by atoms with E-state index in [9.17, 15) is 14.0 Å². The minimum Gasteiger partial charge on any atom is -0.481 e. The first-order valence-electron chi connectivity index (χ1n) is 13.4. The maximum atomic E-state index is 13.7. The number of hydrogen-bond donors (Lipinski definition) is 1. The lowest BCUT2D eigenvalue weighted by Gasteiger charge is -2.38. The van der Waals surface area contributed by atoms with Crippen molar-refractivity contribution in [2.75, 3.05) is 13.1 Å². The summed E-state index contributed by atoms with van der Waals surface area (Å²) in [6.45, 7) is 7.04. The number of carbonyl (C=O) groups excluding carboxylic acids is 2. The van der Waals surface area contributed by atoms with Crippen LogP contribution >= 0.6 is 0 Å². The highest BCUT2D eigenvalue weighted by Gasteiger charge is 2.33. The Bertz CT molecular complexity index is 1230. The number of nitrogens with zero attached hydrogens (tertiary/aromatic N) is 2. The van der Waals surface area contributed by atoms with E-state index in [4.69, 9.17) is 4.74 Å². The first kappa shape index (κ1) is 27.3. The third-order valence-electron chi connectivity index (χ3n) is 6.78. The molecule has 4 rings (SSSR count). The lowest BCUT2D eigenvalue weighted by atomic mass is 9.87. The van der Waals surface area contributed by atoms with Crippen molar-refractivity contribution in [2.24, 2.45) is 5.92 Å². The van der Waals surface area contributed by atoms with Gasteiger partial charge in [0.1, 0.15) is 11.6 Å². The molecule has 0 radical (unpaired) electrons. The summed E-state index contributed by atoms with van der Waals surface area (Å²) in [6, 6.07) is 17.5. The molecule has 0 unspecified atom stereocenters. The average molecular weight is 518 g/mol. The number of hydrogen-bond acceptors (Lipinski definition) is 4. The highest BCUT2D eigenvalue weighted by Crippen LogP contribution is 2.38. The van der Waals surface area contributed by atoms with Crippen molar-refractivity contribution in [1.29, 1.82) is 0 Å². The minimum absolute atomic E-state index is 0.0741. The van der Waals surface area contributed by atoms with Crippen molar-refractivity contribution in [2.45, 2.75) is 58.6 Å². The van der Waals surface area contributed by atoms with Gasteiger partial charge in [0.05, 0.1) is 6.04 Å². The molecule has 0 bridgehead atoms. The number of nitrogens with one attached hydrogen (secondary N) is 1. The molecule has 1 N–H and O–H groups in total. The van der Waals surface area contributed by atoms with Crippen LogP contribution in [0.2, 0.25) is 0 Å². The predicted molar refractivity (Wildman–Crippen MR) is 145 cm³/mol. The van der Waals surface area contributed by atoms with Gasteiger partial charge in [-0.05, 0) is 71.8 Å². The number of carbonyl (C=O) groups is 2. The molecule has 6 nitrogen and oxygen atoms in total. The molecule has 2 heterocycles. The Labute approximate surface area is 224 Å². The predicted octanol–water partition coefficient (Wildman–Crippen LogP) is 5.26. The van der Waals surface area contributed by atoms with Gasteiger partial charge in [-0.25, -0.2) is 4.39 Å². The summed E-state index contributed by atoms with van der Waals surface area (Å²) >= 11 is 0. The molecule has 0 aliphatic carbocycles. The molecular formula is C31H36FN3O3. The van der Waals surface area contributed by atoms with E-state index < -0.39 is 6.10 Å². The van der Waals surface area contributed by atoms with E-state index in [1.54, 1.807) is 18.3 Å². The number of halogens is 1.